The van der Waals surface area contributed by atoms with E-state index in [1.807, 2.05) is 0 Å². The van der Waals surface area contributed by atoms with Crippen LogP contribution in [0.5, 0.6) is 5.75 Å². The summed E-state index contributed by atoms with van der Waals surface area (Å²) in [6.07, 6.45) is 0.605. The summed E-state index contributed by atoms with van der Waals surface area (Å²) in [5.74, 6) is 0.463. The van der Waals surface area contributed by atoms with E-state index in [4.69, 9.17) is 15.6 Å². The molecule has 1 saturated heterocycles. The van der Waals surface area contributed by atoms with Crippen molar-refractivity contribution in [2.45, 2.75) is 12.8 Å². The van der Waals surface area contributed by atoms with Gasteiger partial charge in [-0.3, -0.25) is 4.79 Å². The van der Waals surface area contributed by atoms with Crippen molar-refractivity contribution in [3.8, 4) is 5.75 Å². The van der Waals surface area contributed by atoms with Crippen LogP contribution in [0, 0.1) is 5.92 Å². The summed E-state index contributed by atoms with van der Waals surface area (Å²) in [5, 5.41) is 11.8. The Bertz CT molecular complexity index is 601. The monoisotopic (exact) mass is 385 g/mol. The van der Waals surface area contributed by atoms with E-state index in [-0.39, 0.29) is 11.8 Å². The highest BCUT2D eigenvalue weighted by atomic mass is 79.9. The van der Waals surface area contributed by atoms with Crippen LogP contribution in [0.3, 0.4) is 0 Å². The van der Waals surface area contributed by atoms with Gasteiger partial charge in [-0.1, -0.05) is 0 Å². The predicted octanol–water partition coefficient (Wildman–Crippen LogP) is 2.16. The summed E-state index contributed by atoms with van der Waals surface area (Å²) in [6.45, 7) is 1.52. The first kappa shape index (κ1) is 17.4. The van der Waals surface area contributed by atoms with Gasteiger partial charge in [0.05, 0.1) is 12.7 Å². The standard InChI is InChI=1S/C15H20BrN3O4/c1-23-13-7-12(17)11(16)6-10(13)14(20)18-8-9-2-4-19(5-3-9)15(21)22/h6-7,9H,2-5,8,17H2,1H3,(H,18,20)(H,21,22). The molecular weight excluding hydrogens is 366 g/mol. The molecule has 0 aliphatic carbocycles. The average Bonchev–Trinajstić information content (AvgIpc) is 2.55. The van der Waals surface area contributed by atoms with Gasteiger partial charge in [-0.15, -0.1) is 0 Å². The Morgan fingerprint density at radius 3 is 2.65 bits per heavy atom. The minimum Gasteiger partial charge on any atom is -0.496 e. The Labute approximate surface area is 142 Å². The molecule has 126 valence electrons. The molecule has 1 aromatic rings. The van der Waals surface area contributed by atoms with Crippen LogP contribution < -0.4 is 15.8 Å². The zero-order valence-electron chi connectivity index (χ0n) is 12.8. The number of hydrogen-bond acceptors (Lipinski definition) is 4. The van der Waals surface area contributed by atoms with E-state index >= 15 is 0 Å². The molecule has 0 spiro atoms. The normalized spacial score (nSPS) is 15.3. The average molecular weight is 386 g/mol. The number of amides is 2. The highest BCUT2D eigenvalue weighted by Crippen LogP contribution is 2.29. The lowest BCUT2D eigenvalue weighted by atomic mass is 9.97. The molecule has 8 heteroatoms. The molecule has 0 radical (unpaired) electrons. The van der Waals surface area contributed by atoms with E-state index in [1.165, 1.54) is 12.0 Å². The fraction of sp³-hybridized carbons (Fsp3) is 0.467. The van der Waals surface area contributed by atoms with Gasteiger partial charge < -0.3 is 25.8 Å². The van der Waals surface area contributed by atoms with Crippen molar-refractivity contribution in [1.29, 1.82) is 0 Å². The van der Waals surface area contributed by atoms with E-state index < -0.39 is 6.09 Å². The zero-order valence-corrected chi connectivity index (χ0v) is 14.4. The van der Waals surface area contributed by atoms with Gasteiger partial charge in [0.25, 0.3) is 5.91 Å². The molecule has 1 fully saturated rings. The molecule has 1 heterocycles. The number of benzene rings is 1. The van der Waals surface area contributed by atoms with Crippen LogP contribution >= 0.6 is 15.9 Å². The summed E-state index contributed by atoms with van der Waals surface area (Å²) in [6, 6.07) is 3.24. The first-order valence-corrected chi connectivity index (χ1v) is 8.10. The van der Waals surface area contributed by atoms with Crippen molar-refractivity contribution in [3.05, 3.63) is 22.2 Å². The van der Waals surface area contributed by atoms with Gasteiger partial charge in [-0.05, 0) is 40.8 Å². The second kappa shape index (κ2) is 7.54. The van der Waals surface area contributed by atoms with Crippen molar-refractivity contribution in [2.24, 2.45) is 5.92 Å². The lowest BCUT2D eigenvalue weighted by Gasteiger charge is -2.30. The maximum atomic E-state index is 12.3. The number of nitrogens with zero attached hydrogens (tertiary/aromatic N) is 1. The molecular formula is C15H20BrN3O4. The number of nitrogens with one attached hydrogen (secondary N) is 1. The fourth-order valence-corrected chi connectivity index (χ4v) is 2.92. The molecule has 1 aliphatic heterocycles. The Kier molecular flexibility index (Phi) is 5.70. The molecule has 2 amide bonds. The predicted molar refractivity (Wildman–Crippen MR) is 89.8 cm³/mol. The summed E-state index contributed by atoms with van der Waals surface area (Å²) >= 11 is 3.30. The zero-order chi connectivity index (χ0) is 17.0. The van der Waals surface area contributed by atoms with Crippen LogP contribution in [0.15, 0.2) is 16.6 Å². The van der Waals surface area contributed by atoms with Crippen molar-refractivity contribution in [3.63, 3.8) is 0 Å². The van der Waals surface area contributed by atoms with Crippen LogP contribution in [-0.2, 0) is 0 Å². The van der Waals surface area contributed by atoms with Gasteiger partial charge >= 0.3 is 6.09 Å². The number of carbonyl (C=O) groups excluding carboxylic acids is 1. The quantitative estimate of drug-likeness (QED) is 0.688. The summed E-state index contributed by atoms with van der Waals surface area (Å²) in [4.78, 5) is 24.6. The number of methoxy groups -OCH3 is 1. The van der Waals surface area contributed by atoms with Gasteiger partial charge in [-0.2, -0.15) is 0 Å². The number of hydrogen-bond donors (Lipinski definition) is 3. The highest BCUT2D eigenvalue weighted by molar-refractivity contribution is 9.10. The number of nitrogen functional groups attached to an aromatic ring is 1. The largest absolute Gasteiger partial charge is 0.496 e. The van der Waals surface area contributed by atoms with E-state index in [2.05, 4.69) is 21.2 Å². The smallest absolute Gasteiger partial charge is 0.407 e. The van der Waals surface area contributed by atoms with Gasteiger partial charge in [0, 0.05) is 35.9 Å². The van der Waals surface area contributed by atoms with Gasteiger partial charge in [0.1, 0.15) is 5.75 Å². The second-order valence-corrected chi connectivity index (χ2v) is 6.35. The maximum absolute atomic E-state index is 12.3. The summed E-state index contributed by atoms with van der Waals surface area (Å²) in [5.41, 5.74) is 6.70. The fourth-order valence-electron chi connectivity index (χ4n) is 2.58. The van der Waals surface area contributed by atoms with Crippen molar-refractivity contribution in [2.75, 3.05) is 32.5 Å². The van der Waals surface area contributed by atoms with Crippen LogP contribution in [0.1, 0.15) is 23.2 Å². The van der Waals surface area contributed by atoms with E-state index in [0.29, 0.717) is 41.1 Å². The molecule has 0 aromatic heterocycles. The summed E-state index contributed by atoms with van der Waals surface area (Å²) < 4.78 is 5.84. The number of ether oxygens (including phenoxy) is 1. The molecule has 2 rings (SSSR count). The minimum absolute atomic E-state index is 0.233. The second-order valence-electron chi connectivity index (χ2n) is 5.50. The highest BCUT2D eigenvalue weighted by Gasteiger charge is 2.23. The first-order chi connectivity index (χ1) is 10.9. The van der Waals surface area contributed by atoms with Gasteiger partial charge in [-0.25, -0.2) is 4.79 Å². The lowest BCUT2D eigenvalue weighted by Crippen LogP contribution is -2.40. The number of piperidine rings is 1. The first-order valence-electron chi connectivity index (χ1n) is 7.31. The Balaban J connectivity index is 1.93. The number of carboxylic acid groups (broad SMARTS) is 1. The molecule has 1 aromatic carbocycles. The van der Waals surface area contributed by atoms with Crippen LogP contribution in [-0.4, -0.2) is 48.8 Å². The molecule has 7 nitrogen and oxygen atoms in total. The lowest BCUT2D eigenvalue weighted by molar-refractivity contribution is 0.0925. The Morgan fingerprint density at radius 1 is 1.43 bits per heavy atom. The third-order valence-electron chi connectivity index (χ3n) is 4.00. The number of likely N-dealkylation sites (tertiary alicyclic amines) is 1. The van der Waals surface area contributed by atoms with Crippen molar-refractivity contribution < 1.29 is 19.4 Å². The van der Waals surface area contributed by atoms with Crippen molar-refractivity contribution >= 4 is 33.6 Å². The molecule has 1 aliphatic rings. The molecule has 0 atom stereocenters. The topological polar surface area (TPSA) is 105 Å². The third kappa shape index (κ3) is 4.28. The molecule has 4 N–H and O–H groups in total. The molecule has 0 saturated carbocycles. The number of nitrogens with two attached hydrogens (primary N) is 1. The van der Waals surface area contributed by atoms with E-state index in [9.17, 15) is 9.59 Å². The SMILES string of the molecule is COc1cc(N)c(Br)cc1C(=O)NCC1CCN(C(=O)O)CC1. The third-order valence-corrected chi connectivity index (χ3v) is 4.69. The Morgan fingerprint density at radius 2 is 2.09 bits per heavy atom. The number of carbonyl (C=O) groups is 2. The minimum atomic E-state index is -0.885. The molecule has 23 heavy (non-hydrogen) atoms. The van der Waals surface area contributed by atoms with Crippen molar-refractivity contribution in [1.82, 2.24) is 10.2 Å². The van der Waals surface area contributed by atoms with Crippen LogP contribution in [0.25, 0.3) is 0 Å². The molecule has 0 unspecified atom stereocenters. The summed E-state index contributed by atoms with van der Waals surface area (Å²) in [7, 11) is 1.49. The number of rotatable bonds is 4. The van der Waals surface area contributed by atoms with Gasteiger partial charge in [0.15, 0.2) is 0 Å². The number of halogens is 1. The Hall–Kier alpha value is -1.96. The molecule has 0 bridgehead atoms. The maximum Gasteiger partial charge on any atom is 0.407 e. The van der Waals surface area contributed by atoms with Crippen LogP contribution in [0.4, 0.5) is 10.5 Å². The number of anilines is 1. The van der Waals surface area contributed by atoms with E-state index in [1.54, 1.807) is 12.1 Å². The van der Waals surface area contributed by atoms with E-state index in [0.717, 1.165) is 12.8 Å². The van der Waals surface area contributed by atoms with Gasteiger partial charge in [0.2, 0.25) is 0 Å². The van der Waals surface area contributed by atoms with Crippen LogP contribution in [0.2, 0.25) is 0 Å².